The number of aromatic nitrogens is 1. The maximum absolute atomic E-state index is 13.8. The normalized spacial score (nSPS) is 11.7. The highest BCUT2D eigenvalue weighted by atomic mass is 19.4. The van der Waals surface area contributed by atoms with Gasteiger partial charge in [0.1, 0.15) is 11.6 Å². The van der Waals surface area contributed by atoms with Crippen molar-refractivity contribution in [2.45, 2.75) is 26.9 Å². The maximum atomic E-state index is 13.8. The average molecular weight is 462 g/mol. The Morgan fingerprint density at radius 3 is 2.12 bits per heavy atom. The molecule has 0 unspecified atom stereocenters. The summed E-state index contributed by atoms with van der Waals surface area (Å²) in [6.45, 7) is 5.40. The predicted molar refractivity (Wildman–Crippen MR) is 118 cm³/mol. The van der Waals surface area contributed by atoms with Gasteiger partial charge in [-0.3, -0.25) is 4.79 Å². The van der Waals surface area contributed by atoms with Gasteiger partial charge in [-0.05, 0) is 42.0 Å². The number of amides is 3. The Balaban J connectivity index is 1.65. The minimum absolute atomic E-state index is 0.140. The molecule has 3 rings (SSSR count). The third-order valence-electron chi connectivity index (χ3n) is 4.63. The number of hydrogen-bond donors (Lipinski definition) is 4. The molecule has 4 N–H and O–H groups in total. The van der Waals surface area contributed by atoms with Crippen molar-refractivity contribution < 1.29 is 27.2 Å². The molecule has 1 heterocycles. The van der Waals surface area contributed by atoms with Gasteiger partial charge in [0.05, 0.1) is 11.3 Å². The molecule has 2 aromatic carbocycles. The number of hydrogen-bond acceptors (Lipinski definition) is 2. The van der Waals surface area contributed by atoms with E-state index in [1.165, 1.54) is 0 Å². The average Bonchev–Trinajstić information content (AvgIpc) is 3.17. The summed E-state index contributed by atoms with van der Waals surface area (Å²) in [6.07, 6.45) is -2.95. The number of carbonyl (C=O) groups excluding carboxylic acids is 2. The van der Waals surface area contributed by atoms with E-state index < -0.39 is 34.7 Å². The smallest absolute Gasteiger partial charge is 0.348 e. The number of alkyl halides is 3. The lowest BCUT2D eigenvalue weighted by molar-refractivity contribution is -0.137. The van der Waals surface area contributed by atoms with Crippen LogP contribution in [0.15, 0.2) is 54.7 Å². The van der Waals surface area contributed by atoms with Crippen molar-refractivity contribution in [2.24, 2.45) is 5.41 Å². The van der Waals surface area contributed by atoms with Crippen LogP contribution >= 0.6 is 0 Å². The highest BCUT2D eigenvalue weighted by Crippen LogP contribution is 2.32. The SMILES string of the molecule is CC(C)(C)C(=O)Nc1cc(-c2ccc(NC(=O)Nc3cc(C(F)(F)F)ccc3F)cc2)c[nH]1. The number of aromatic amines is 1. The monoisotopic (exact) mass is 462 g/mol. The molecule has 0 atom stereocenters. The van der Waals surface area contributed by atoms with Gasteiger partial charge in [0.2, 0.25) is 5.91 Å². The Labute approximate surface area is 187 Å². The summed E-state index contributed by atoms with van der Waals surface area (Å²) in [7, 11) is 0. The maximum Gasteiger partial charge on any atom is 0.416 e. The first-order chi connectivity index (χ1) is 15.3. The molecule has 1 aromatic heterocycles. The van der Waals surface area contributed by atoms with Gasteiger partial charge in [0.25, 0.3) is 0 Å². The standard InChI is InChI=1S/C23H22F4N4O2/c1-22(2,3)20(32)31-19-10-14(12-28-19)13-4-7-16(8-5-13)29-21(33)30-18-11-15(23(25,26)27)6-9-17(18)24/h4-12,28H,1-3H3,(H,31,32)(H2,29,30,33). The van der Waals surface area contributed by atoms with Crippen LogP contribution in [0, 0.1) is 11.2 Å². The second kappa shape index (κ2) is 8.97. The van der Waals surface area contributed by atoms with Gasteiger partial charge in [-0.15, -0.1) is 0 Å². The number of carbonyl (C=O) groups is 2. The summed E-state index contributed by atoms with van der Waals surface area (Å²) < 4.78 is 52.2. The Morgan fingerprint density at radius 1 is 0.848 bits per heavy atom. The largest absolute Gasteiger partial charge is 0.416 e. The van der Waals surface area contributed by atoms with Crippen LogP contribution in [0.25, 0.3) is 11.1 Å². The van der Waals surface area contributed by atoms with Gasteiger partial charge in [-0.1, -0.05) is 32.9 Å². The fourth-order valence-corrected chi connectivity index (χ4v) is 2.77. The van der Waals surface area contributed by atoms with Crippen LogP contribution in [0.3, 0.4) is 0 Å². The zero-order valence-corrected chi connectivity index (χ0v) is 18.0. The van der Waals surface area contributed by atoms with Crippen LogP contribution in [0.1, 0.15) is 26.3 Å². The van der Waals surface area contributed by atoms with E-state index in [-0.39, 0.29) is 5.91 Å². The minimum atomic E-state index is -4.66. The molecule has 33 heavy (non-hydrogen) atoms. The van der Waals surface area contributed by atoms with Gasteiger partial charge < -0.3 is 20.9 Å². The van der Waals surface area contributed by atoms with Gasteiger partial charge in [-0.2, -0.15) is 13.2 Å². The molecular weight excluding hydrogens is 440 g/mol. The van der Waals surface area contributed by atoms with Crippen molar-refractivity contribution in [3.63, 3.8) is 0 Å². The van der Waals surface area contributed by atoms with Crippen molar-refractivity contribution >= 4 is 29.1 Å². The second-order valence-corrected chi connectivity index (χ2v) is 8.36. The molecular formula is C23H22F4N4O2. The van der Waals surface area contributed by atoms with Crippen molar-refractivity contribution in [2.75, 3.05) is 16.0 Å². The number of urea groups is 1. The lowest BCUT2D eigenvalue weighted by Gasteiger charge is -2.16. The minimum Gasteiger partial charge on any atom is -0.348 e. The number of nitrogens with one attached hydrogen (secondary N) is 4. The van der Waals surface area contributed by atoms with E-state index in [9.17, 15) is 27.2 Å². The zero-order valence-electron chi connectivity index (χ0n) is 18.0. The van der Waals surface area contributed by atoms with Crippen molar-refractivity contribution in [1.82, 2.24) is 4.98 Å². The molecule has 3 amide bonds. The molecule has 0 fully saturated rings. The Hall–Kier alpha value is -3.82. The fraction of sp³-hybridized carbons (Fsp3) is 0.217. The van der Waals surface area contributed by atoms with E-state index in [1.54, 1.807) is 57.3 Å². The highest BCUT2D eigenvalue weighted by molar-refractivity contribution is 6.00. The summed E-state index contributed by atoms with van der Waals surface area (Å²) in [5.74, 6) is -0.594. The van der Waals surface area contributed by atoms with Gasteiger partial charge >= 0.3 is 12.2 Å². The Kier molecular flexibility index (Phi) is 6.48. The first kappa shape index (κ1) is 23.8. The number of rotatable bonds is 4. The molecule has 0 aliphatic rings. The molecule has 0 aliphatic heterocycles. The lowest BCUT2D eigenvalue weighted by atomic mass is 9.96. The van der Waals surface area contributed by atoms with Crippen molar-refractivity contribution in [3.8, 4) is 11.1 Å². The molecule has 10 heteroatoms. The van der Waals surface area contributed by atoms with Crippen LogP contribution in [-0.2, 0) is 11.0 Å². The van der Waals surface area contributed by atoms with E-state index >= 15 is 0 Å². The van der Waals surface area contributed by atoms with Crippen LogP contribution in [0.4, 0.5) is 39.5 Å². The number of benzene rings is 2. The molecule has 6 nitrogen and oxygen atoms in total. The summed E-state index contributed by atoms with van der Waals surface area (Å²) in [5, 5.41) is 7.31. The molecule has 0 bridgehead atoms. The lowest BCUT2D eigenvalue weighted by Crippen LogP contribution is -2.27. The molecule has 0 radical (unpaired) electrons. The molecule has 174 valence electrons. The fourth-order valence-electron chi connectivity index (χ4n) is 2.77. The topological polar surface area (TPSA) is 86.0 Å². The third kappa shape index (κ3) is 6.12. The van der Waals surface area contributed by atoms with Gasteiger partial charge in [0, 0.05) is 22.9 Å². The van der Waals surface area contributed by atoms with E-state index in [1.807, 2.05) is 0 Å². The number of halogens is 4. The van der Waals surface area contributed by atoms with E-state index in [0.29, 0.717) is 29.7 Å². The van der Waals surface area contributed by atoms with Crippen LogP contribution in [-0.4, -0.2) is 16.9 Å². The first-order valence-electron chi connectivity index (χ1n) is 9.88. The number of H-pyrrole nitrogens is 1. The van der Waals surface area contributed by atoms with E-state index in [4.69, 9.17) is 0 Å². The molecule has 0 spiro atoms. The summed E-state index contributed by atoms with van der Waals surface area (Å²) >= 11 is 0. The Morgan fingerprint density at radius 2 is 1.52 bits per heavy atom. The number of anilines is 3. The third-order valence-corrected chi connectivity index (χ3v) is 4.63. The second-order valence-electron chi connectivity index (χ2n) is 8.36. The van der Waals surface area contributed by atoms with Crippen LogP contribution < -0.4 is 16.0 Å². The van der Waals surface area contributed by atoms with Gasteiger partial charge in [0.15, 0.2) is 0 Å². The highest BCUT2D eigenvalue weighted by Gasteiger charge is 2.31. The van der Waals surface area contributed by atoms with E-state index in [0.717, 1.165) is 11.1 Å². The molecule has 0 aliphatic carbocycles. The molecule has 3 aromatic rings. The van der Waals surface area contributed by atoms with E-state index in [2.05, 4.69) is 20.9 Å². The summed E-state index contributed by atoms with van der Waals surface area (Å²) in [5.41, 5.74) is -0.279. The van der Waals surface area contributed by atoms with Crippen molar-refractivity contribution in [3.05, 3.63) is 66.1 Å². The van der Waals surface area contributed by atoms with Crippen LogP contribution in [0.5, 0.6) is 0 Å². The Bertz CT molecular complexity index is 1160. The summed E-state index contributed by atoms with van der Waals surface area (Å²) in [4.78, 5) is 27.2. The molecule has 0 saturated carbocycles. The predicted octanol–water partition coefficient (Wildman–Crippen LogP) is 6.47. The molecule has 0 saturated heterocycles. The van der Waals surface area contributed by atoms with Crippen LogP contribution in [0.2, 0.25) is 0 Å². The first-order valence-corrected chi connectivity index (χ1v) is 9.88. The quantitative estimate of drug-likeness (QED) is 0.335. The zero-order chi connectivity index (χ0) is 24.4. The summed E-state index contributed by atoms with van der Waals surface area (Å²) in [6, 6.07) is 9.21. The van der Waals surface area contributed by atoms with Crippen molar-refractivity contribution in [1.29, 1.82) is 0 Å². The van der Waals surface area contributed by atoms with Gasteiger partial charge in [-0.25, -0.2) is 9.18 Å².